The van der Waals surface area contributed by atoms with E-state index >= 15 is 0 Å². The third kappa shape index (κ3) is 2.73. The fourth-order valence-corrected chi connectivity index (χ4v) is 2.08. The van der Waals surface area contributed by atoms with E-state index in [2.05, 4.69) is 6.58 Å². The Hall–Kier alpha value is -1.64. The van der Waals surface area contributed by atoms with Crippen molar-refractivity contribution >= 4 is 5.57 Å². The van der Waals surface area contributed by atoms with E-state index in [1.807, 2.05) is 30.3 Å². The summed E-state index contributed by atoms with van der Waals surface area (Å²) in [5.41, 5.74) is 3.15. The lowest BCUT2D eigenvalue weighted by Gasteiger charge is -2.25. The normalized spacial score (nSPS) is 18.2. The molecule has 0 aromatic heterocycles. The van der Waals surface area contributed by atoms with Crippen LogP contribution in [0, 0.1) is 0 Å². The van der Waals surface area contributed by atoms with Crippen LogP contribution in [-0.2, 0) is 0 Å². The van der Waals surface area contributed by atoms with Gasteiger partial charge in [-0.3, -0.25) is 0 Å². The topological polar surface area (TPSA) is 40.5 Å². The molecule has 0 heterocycles. The molecule has 0 bridgehead atoms. The van der Waals surface area contributed by atoms with Crippen molar-refractivity contribution in [3.8, 4) is 0 Å². The first-order valence-electron chi connectivity index (χ1n) is 5.65. The van der Waals surface area contributed by atoms with Crippen LogP contribution in [0.3, 0.4) is 0 Å². The molecule has 1 aromatic rings. The minimum absolute atomic E-state index is 0.236. The maximum absolute atomic E-state index is 9.64. The average Bonchev–Trinajstić information content (AvgIpc) is 2.30. The number of hydrogen-bond donors (Lipinski definition) is 2. The Balaban J connectivity index is 2.42. The zero-order valence-corrected chi connectivity index (χ0v) is 9.63. The van der Waals surface area contributed by atoms with Crippen molar-refractivity contribution in [1.82, 2.24) is 0 Å². The fourth-order valence-electron chi connectivity index (χ4n) is 2.08. The Morgan fingerprint density at radius 3 is 2.59 bits per heavy atom. The predicted molar refractivity (Wildman–Crippen MR) is 69.1 cm³/mol. The smallest absolute Gasteiger partial charge is 0.186 e. The highest BCUT2D eigenvalue weighted by molar-refractivity contribution is 5.78. The van der Waals surface area contributed by atoms with Crippen LogP contribution in [0.15, 0.2) is 60.7 Å². The van der Waals surface area contributed by atoms with Gasteiger partial charge in [-0.25, -0.2) is 0 Å². The van der Waals surface area contributed by atoms with Crippen molar-refractivity contribution < 1.29 is 10.2 Å². The molecule has 0 saturated carbocycles. The zero-order valence-electron chi connectivity index (χ0n) is 9.63. The standard InChI is InChI=1S/C15H16O2/c1-2-6-13-11-15(16,17)10-9-14(13)12-7-4-3-5-8-12/h2-5,7-10,16-17H,1,6,11H2. The molecule has 0 unspecified atom stereocenters. The van der Waals surface area contributed by atoms with Gasteiger partial charge in [0.2, 0.25) is 0 Å². The summed E-state index contributed by atoms with van der Waals surface area (Å²) in [7, 11) is 0. The molecule has 0 atom stereocenters. The van der Waals surface area contributed by atoms with E-state index in [0.29, 0.717) is 6.42 Å². The van der Waals surface area contributed by atoms with Crippen molar-refractivity contribution in [2.24, 2.45) is 0 Å². The molecule has 0 saturated heterocycles. The van der Waals surface area contributed by atoms with Crippen LogP contribution in [0.2, 0.25) is 0 Å². The van der Waals surface area contributed by atoms with E-state index in [0.717, 1.165) is 16.7 Å². The molecule has 2 nitrogen and oxygen atoms in total. The number of allylic oxidation sites excluding steroid dienone is 3. The van der Waals surface area contributed by atoms with Crippen molar-refractivity contribution in [2.45, 2.75) is 18.6 Å². The molecule has 2 N–H and O–H groups in total. The van der Waals surface area contributed by atoms with Gasteiger partial charge in [0.15, 0.2) is 5.79 Å². The van der Waals surface area contributed by atoms with E-state index in [1.165, 1.54) is 6.08 Å². The van der Waals surface area contributed by atoms with Crippen LogP contribution in [0.4, 0.5) is 0 Å². The minimum atomic E-state index is -1.73. The summed E-state index contributed by atoms with van der Waals surface area (Å²) in [6.45, 7) is 3.71. The highest BCUT2D eigenvalue weighted by Crippen LogP contribution is 2.33. The van der Waals surface area contributed by atoms with Gasteiger partial charge in [0.1, 0.15) is 0 Å². The predicted octanol–water partition coefficient (Wildman–Crippen LogP) is 2.66. The third-order valence-corrected chi connectivity index (χ3v) is 2.85. The van der Waals surface area contributed by atoms with Gasteiger partial charge >= 0.3 is 0 Å². The van der Waals surface area contributed by atoms with Gasteiger partial charge in [0, 0.05) is 6.42 Å². The van der Waals surface area contributed by atoms with Crippen molar-refractivity contribution in [3.63, 3.8) is 0 Å². The molecule has 88 valence electrons. The van der Waals surface area contributed by atoms with Gasteiger partial charge in [-0.2, -0.15) is 0 Å². The van der Waals surface area contributed by atoms with Crippen LogP contribution < -0.4 is 0 Å². The molecule has 0 aliphatic heterocycles. The molecule has 1 aliphatic rings. The second kappa shape index (κ2) is 4.70. The molecule has 0 radical (unpaired) electrons. The molecule has 2 heteroatoms. The Bertz CT molecular complexity index is 467. The molecule has 17 heavy (non-hydrogen) atoms. The average molecular weight is 228 g/mol. The maximum Gasteiger partial charge on any atom is 0.186 e. The summed E-state index contributed by atoms with van der Waals surface area (Å²) in [4.78, 5) is 0. The molecule has 0 spiro atoms. The first-order valence-corrected chi connectivity index (χ1v) is 5.65. The second-order valence-corrected chi connectivity index (χ2v) is 4.26. The van der Waals surface area contributed by atoms with E-state index in [-0.39, 0.29) is 6.42 Å². The first-order chi connectivity index (χ1) is 8.12. The highest BCUT2D eigenvalue weighted by atomic mass is 16.5. The molecule has 2 rings (SSSR count). The third-order valence-electron chi connectivity index (χ3n) is 2.85. The van der Waals surface area contributed by atoms with Crippen molar-refractivity contribution in [2.75, 3.05) is 0 Å². The van der Waals surface area contributed by atoms with E-state index in [4.69, 9.17) is 0 Å². The minimum Gasteiger partial charge on any atom is -0.362 e. The molecule has 0 amide bonds. The van der Waals surface area contributed by atoms with Crippen LogP contribution in [-0.4, -0.2) is 16.0 Å². The summed E-state index contributed by atoms with van der Waals surface area (Å²) in [5, 5.41) is 19.3. The Kier molecular flexibility index (Phi) is 3.27. The zero-order chi connectivity index (χ0) is 12.3. The lowest BCUT2D eigenvalue weighted by Crippen LogP contribution is -2.27. The molecular formula is C15H16O2. The van der Waals surface area contributed by atoms with Crippen LogP contribution in [0.25, 0.3) is 5.57 Å². The second-order valence-electron chi connectivity index (χ2n) is 4.26. The SMILES string of the molecule is C=CCC1=C(c2ccccc2)C=CC(O)(O)C1. The molecule has 0 fully saturated rings. The summed E-state index contributed by atoms with van der Waals surface area (Å²) < 4.78 is 0. The lowest BCUT2D eigenvalue weighted by atomic mass is 9.88. The van der Waals surface area contributed by atoms with Crippen molar-refractivity contribution in [1.29, 1.82) is 0 Å². The van der Waals surface area contributed by atoms with E-state index in [9.17, 15) is 10.2 Å². The molecular weight excluding hydrogens is 212 g/mol. The maximum atomic E-state index is 9.64. The van der Waals surface area contributed by atoms with Crippen LogP contribution in [0.5, 0.6) is 0 Å². The summed E-state index contributed by atoms with van der Waals surface area (Å²) in [6, 6.07) is 9.95. The number of benzene rings is 1. The van der Waals surface area contributed by atoms with Crippen LogP contribution in [0.1, 0.15) is 18.4 Å². The highest BCUT2D eigenvalue weighted by Gasteiger charge is 2.26. The Morgan fingerprint density at radius 2 is 1.94 bits per heavy atom. The Labute approximate surface area is 101 Å². The van der Waals surface area contributed by atoms with Gasteiger partial charge in [0.25, 0.3) is 0 Å². The number of rotatable bonds is 3. The Morgan fingerprint density at radius 1 is 1.24 bits per heavy atom. The van der Waals surface area contributed by atoms with Gasteiger partial charge in [-0.1, -0.05) is 48.1 Å². The lowest BCUT2D eigenvalue weighted by molar-refractivity contribution is -0.117. The summed E-state index contributed by atoms with van der Waals surface area (Å²) in [5.74, 6) is -1.73. The van der Waals surface area contributed by atoms with Gasteiger partial charge < -0.3 is 10.2 Å². The van der Waals surface area contributed by atoms with Gasteiger partial charge in [-0.05, 0) is 23.6 Å². The van der Waals surface area contributed by atoms with Crippen molar-refractivity contribution in [3.05, 3.63) is 66.3 Å². The van der Waals surface area contributed by atoms with E-state index < -0.39 is 5.79 Å². The van der Waals surface area contributed by atoms with Crippen LogP contribution >= 0.6 is 0 Å². The molecule has 1 aromatic carbocycles. The van der Waals surface area contributed by atoms with Gasteiger partial charge in [-0.15, -0.1) is 6.58 Å². The molecule has 1 aliphatic carbocycles. The monoisotopic (exact) mass is 228 g/mol. The summed E-state index contributed by atoms with van der Waals surface area (Å²) >= 11 is 0. The first kappa shape index (κ1) is 11.8. The summed E-state index contributed by atoms with van der Waals surface area (Å²) in [6.07, 6.45) is 5.89. The van der Waals surface area contributed by atoms with Gasteiger partial charge in [0.05, 0.1) is 0 Å². The largest absolute Gasteiger partial charge is 0.362 e. The fraction of sp³-hybridized carbons (Fsp3) is 0.200. The quantitative estimate of drug-likeness (QED) is 0.616. The van der Waals surface area contributed by atoms with E-state index in [1.54, 1.807) is 12.2 Å². The number of aliphatic hydroxyl groups is 2. The number of hydrogen-bond acceptors (Lipinski definition) is 2.